The third kappa shape index (κ3) is 4.46. The van der Waals surface area contributed by atoms with Crippen LogP contribution in [0.5, 0.6) is 11.5 Å². The van der Waals surface area contributed by atoms with Crippen molar-refractivity contribution in [1.82, 2.24) is 16.2 Å². The molecule has 6 nitrogen and oxygen atoms in total. The first-order valence-corrected chi connectivity index (χ1v) is 9.60. The Kier molecular flexibility index (Phi) is 6.54. The summed E-state index contributed by atoms with van der Waals surface area (Å²) in [6.45, 7) is 5.43. The van der Waals surface area contributed by atoms with Crippen LogP contribution < -0.4 is 25.6 Å². The highest BCUT2D eigenvalue weighted by molar-refractivity contribution is 5.80. The standard InChI is InChI=1S/C22H29N3O3/c1-14(2)16-7-5-15(6-8-16)12-23-22(26)18-13-24-25-21(18)17-9-10-19(27-3)20(11-17)28-4/h5-11,14,18,21,24-25H,12-13H2,1-4H3,(H,23,26). The highest BCUT2D eigenvalue weighted by Gasteiger charge is 2.34. The number of benzene rings is 2. The summed E-state index contributed by atoms with van der Waals surface area (Å²) in [7, 11) is 3.22. The third-order valence-electron chi connectivity index (χ3n) is 5.20. The number of carbonyl (C=O) groups is 1. The van der Waals surface area contributed by atoms with E-state index in [9.17, 15) is 4.79 Å². The molecule has 2 atom stereocenters. The minimum Gasteiger partial charge on any atom is -0.493 e. The summed E-state index contributed by atoms with van der Waals surface area (Å²) in [5.74, 6) is 1.63. The minimum atomic E-state index is -0.215. The Balaban J connectivity index is 1.66. The molecule has 1 heterocycles. The molecular formula is C22H29N3O3. The average Bonchev–Trinajstić information content (AvgIpc) is 3.21. The van der Waals surface area contributed by atoms with E-state index in [1.54, 1.807) is 14.2 Å². The van der Waals surface area contributed by atoms with Crippen molar-refractivity contribution in [1.29, 1.82) is 0 Å². The highest BCUT2D eigenvalue weighted by Crippen LogP contribution is 2.33. The van der Waals surface area contributed by atoms with Gasteiger partial charge < -0.3 is 14.8 Å². The second-order valence-electron chi connectivity index (χ2n) is 7.34. The quantitative estimate of drug-likeness (QED) is 0.686. The van der Waals surface area contributed by atoms with E-state index >= 15 is 0 Å². The van der Waals surface area contributed by atoms with Crippen molar-refractivity contribution < 1.29 is 14.3 Å². The Bertz CT molecular complexity index is 805. The number of amides is 1. The maximum absolute atomic E-state index is 12.8. The zero-order chi connectivity index (χ0) is 20.1. The smallest absolute Gasteiger partial charge is 0.226 e. The number of hydrazine groups is 1. The zero-order valence-electron chi connectivity index (χ0n) is 16.9. The molecule has 3 rings (SSSR count). The van der Waals surface area contributed by atoms with Crippen LogP contribution in [0.1, 0.15) is 42.5 Å². The van der Waals surface area contributed by atoms with Gasteiger partial charge in [0.05, 0.1) is 26.2 Å². The Morgan fingerprint density at radius 1 is 1.11 bits per heavy atom. The molecule has 6 heteroatoms. The van der Waals surface area contributed by atoms with Crippen molar-refractivity contribution in [2.75, 3.05) is 20.8 Å². The molecule has 28 heavy (non-hydrogen) atoms. The summed E-state index contributed by atoms with van der Waals surface area (Å²) in [4.78, 5) is 12.8. The number of nitrogens with one attached hydrogen (secondary N) is 3. The number of rotatable bonds is 7. The molecule has 1 aliphatic rings. The Labute approximate surface area is 166 Å². The van der Waals surface area contributed by atoms with Crippen molar-refractivity contribution in [2.24, 2.45) is 5.92 Å². The van der Waals surface area contributed by atoms with Crippen LogP contribution in [0.25, 0.3) is 0 Å². The second kappa shape index (κ2) is 9.08. The van der Waals surface area contributed by atoms with Crippen LogP contribution in [0.3, 0.4) is 0 Å². The van der Waals surface area contributed by atoms with E-state index in [0.29, 0.717) is 30.5 Å². The number of methoxy groups -OCH3 is 2. The predicted molar refractivity (Wildman–Crippen MR) is 109 cm³/mol. The predicted octanol–water partition coefficient (Wildman–Crippen LogP) is 2.91. The first-order chi connectivity index (χ1) is 13.5. The van der Waals surface area contributed by atoms with E-state index in [0.717, 1.165) is 11.1 Å². The van der Waals surface area contributed by atoms with Crippen molar-refractivity contribution in [3.63, 3.8) is 0 Å². The number of hydrogen-bond acceptors (Lipinski definition) is 5. The van der Waals surface area contributed by atoms with E-state index in [2.05, 4.69) is 54.3 Å². The third-order valence-corrected chi connectivity index (χ3v) is 5.20. The normalized spacial score (nSPS) is 18.9. The van der Waals surface area contributed by atoms with Gasteiger partial charge in [-0.05, 0) is 34.7 Å². The van der Waals surface area contributed by atoms with Gasteiger partial charge in [-0.1, -0.05) is 44.2 Å². The van der Waals surface area contributed by atoms with Crippen LogP contribution in [-0.4, -0.2) is 26.7 Å². The Hall–Kier alpha value is -2.57. The lowest BCUT2D eigenvalue weighted by molar-refractivity contribution is -0.125. The summed E-state index contributed by atoms with van der Waals surface area (Å²) in [6.07, 6.45) is 0. The lowest BCUT2D eigenvalue weighted by Crippen LogP contribution is -2.34. The lowest BCUT2D eigenvalue weighted by atomic mass is 9.93. The zero-order valence-corrected chi connectivity index (χ0v) is 16.9. The van der Waals surface area contributed by atoms with Gasteiger partial charge in [-0.15, -0.1) is 0 Å². The van der Waals surface area contributed by atoms with Crippen LogP contribution in [0.4, 0.5) is 0 Å². The van der Waals surface area contributed by atoms with E-state index in [1.165, 1.54) is 5.56 Å². The first kappa shape index (κ1) is 20.2. The lowest BCUT2D eigenvalue weighted by Gasteiger charge is -2.20. The molecule has 1 fully saturated rings. The molecular weight excluding hydrogens is 354 g/mol. The molecule has 3 N–H and O–H groups in total. The van der Waals surface area contributed by atoms with Gasteiger partial charge in [-0.2, -0.15) is 0 Å². The van der Waals surface area contributed by atoms with Gasteiger partial charge in [0.25, 0.3) is 0 Å². The van der Waals surface area contributed by atoms with E-state index < -0.39 is 0 Å². The summed E-state index contributed by atoms with van der Waals surface area (Å²) in [5.41, 5.74) is 9.68. The van der Waals surface area contributed by atoms with Gasteiger partial charge in [0.15, 0.2) is 11.5 Å². The highest BCUT2D eigenvalue weighted by atomic mass is 16.5. The average molecular weight is 383 g/mol. The molecule has 0 aliphatic carbocycles. The van der Waals surface area contributed by atoms with E-state index in [-0.39, 0.29) is 17.9 Å². The van der Waals surface area contributed by atoms with Crippen molar-refractivity contribution in [3.05, 3.63) is 59.2 Å². The maximum Gasteiger partial charge on any atom is 0.226 e. The molecule has 0 aromatic heterocycles. The fourth-order valence-electron chi connectivity index (χ4n) is 3.44. The minimum absolute atomic E-state index is 0.0187. The summed E-state index contributed by atoms with van der Waals surface area (Å²) in [6, 6.07) is 14.0. The molecule has 1 amide bonds. The number of hydrogen-bond donors (Lipinski definition) is 3. The van der Waals surface area contributed by atoms with Crippen molar-refractivity contribution in [2.45, 2.75) is 32.4 Å². The monoisotopic (exact) mass is 383 g/mol. The van der Waals surface area contributed by atoms with E-state index in [1.807, 2.05) is 18.2 Å². The van der Waals surface area contributed by atoms with Gasteiger partial charge in [-0.25, -0.2) is 5.43 Å². The van der Waals surface area contributed by atoms with Crippen molar-refractivity contribution in [3.8, 4) is 11.5 Å². The molecule has 2 unspecified atom stereocenters. The molecule has 0 saturated carbocycles. The summed E-state index contributed by atoms with van der Waals surface area (Å²) < 4.78 is 10.7. The molecule has 150 valence electrons. The molecule has 1 aliphatic heterocycles. The molecule has 0 spiro atoms. The van der Waals surface area contributed by atoms with Gasteiger partial charge in [0.2, 0.25) is 5.91 Å². The first-order valence-electron chi connectivity index (χ1n) is 9.60. The van der Waals surface area contributed by atoms with Crippen LogP contribution in [0, 0.1) is 5.92 Å². The molecule has 0 radical (unpaired) electrons. The second-order valence-corrected chi connectivity index (χ2v) is 7.34. The van der Waals surface area contributed by atoms with Crippen LogP contribution in [-0.2, 0) is 11.3 Å². The molecule has 1 saturated heterocycles. The van der Waals surface area contributed by atoms with Gasteiger partial charge in [-0.3, -0.25) is 10.2 Å². The van der Waals surface area contributed by atoms with Crippen LogP contribution in [0.2, 0.25) is 0 Å². The largest absolute Gasteiger partial charge is 0.493 e. The SMILES string of the molecule is COc1ccc(C2NNCC2C(=O)NCc2ccc(C(C)C)cc2)cc1OC. The maximum atomic E-state index is 12.8. The fraction of sp³-hybridized carbons (Fsp3) is 0.409. The van der Waals surface area contributed by atoms with Crippen LogP contribution >= 0.6 is 0 Å². The Morgan fingerprint density at radius 3 is 2.46 bits per heavy atom. The Morgan fingerprint density at radius 2 is 1.82 bits per heavy atom. The van der Waals surface area contributed by atoms with Crippen LogP contribution in [0.15, 0.2) is 42.5 Å². The topological polar surface area (TPSA) is 71.6 Å². The van der Waals surface area contributed by atoms with Gasteiger partial charge in [0, 0.05) is 13.1 Å². The molecule has 2 aromatic rings. The number of carbonyl (C=O) groups excluding carboxylic acids is 1. The molecule has 2 aromatic carbocycles. The summed E-state index contributed by atoms with van der Waals surface area (Å²) in [5, 5.41) is 3.07. The van der Waals surface area contributed by atoms with Crippen molar-refractivity contribution >= 4 is 5.91 Å². The summed E-state index contributed by atoms with van der Waals surface area (Å²) >= 11 is 0. The van der Waals surface area contributed by atoms with Gasteiger partial charge >= 0.3 is 0 Å². The molecule has 0 bridgehead atoms. The number of ether oxygens (including phenoxy) is 2. The van der Waals surface area contributed by atoms with Gasteiger partial charge in [0.1, 0.15) is 0 Å². The fourth-order valence-corrected chi connectivity index (χ4v) is 3.44. The van der Waals surface area contributed by atoms with E-state index in [4.69, 9.17) is 9.47 Å².